The van der Waals surface area contributed by atoms with Crippen LogP contribution in [0.2, 0.25) is 0 Å². The molecule has 8 heteroatoms. The fraction of sp³-hybridized carbons (Fsp3) is 0.619. The van der Waals surface area contributed by atoms with Crippen molar-refractivity contribution in [1.82, 2.24) is 20.0 Å². The van der Waals surface area contributed by atoms with Crippen LogP contribution in [0.15, 0.2) is 18.2 Å². The number of nitrogens with one attached hydrogen (secondary N) is 1. The van der Waals surface area contributed by atoms with Crippen LogP contribution in [0.4, 0.5) is 4.79 Å². The van der Waals surface area contributed by atoms with E-state index in [0.717, 1.165) is 35.4 Å². The molecule has 1 aliphatic rings. The van der Waals surface area contributed by atoms with Gasteiger partial charge in [-0.1, -0.05) is 20.8 Å². The largest absolute Gasteiger partial charge is 0.488 e. The Balaban J connectivity index is 1.61. The molecule has 1 aliphatic heterocycles. The normalized spacial score (nSPS) is 17.2. The van der Waals surface area contributed by atoms with Gasteiger partial charge in [-0.05, 0) is 30.7 Å². The van der Waals surface area contributed by atoms with Gasteiger partial charge in [0.2, 0.25) is 0 Å². The van der Waals surface area contributed by atoms with Crippen molar-refractivity contribution in [2.75, 3.05) is 39.9 Å². The third-order valence-electron chi connectivity index (χ3n) is 4.91. The summed E-state index contributed by atoms with van der Waals surface area (Å²) in [5.41, 5.74) is 1.81. The van der Waals surface area contributed by atoms with Gasteiger partial charge in [0.1, 0.15) is 11.9 Å². The average Bonchev–Trinajstić information content (AvgIpc) is 3.28. The maximum absolute atomic E-state index is 11.5. The lowest BCUT2D eigenvalue weighted by atomic mass is 9.96. The van der Waals surface area contributed by atoms with E-state index in [1.807, 2.05) is 46.0 Å². The summed E-state index contributed by atoms with van der Waals surface area (Å²) in [4.78, 5) is 15.1. The lowest BCUT2D eigenvalue weighted by molar-refractivity contribution is 0.119. The van der Waals surface area contributed by atoms with Crippen molar-refractivity contribution in [3.05, 3.63) is 23.9 Å². The number of nitrogens with zero attached hydrogens (tertiary/aromatic N) is 3. The van der Waals surface area contributed by atoms with Gasteiger partial charge in [0.25, 0.3) is 0 Å². The van der Waals surface area contributed by atoms with Gasteiger partial charge >= 0.3 is 6.09 Å². The number of hydrogen-bond donors (Lipinski definition) is 2. The molecule has 1 amide bonds. The van der Waals surface area contributed by atoms with Crippen molar-refractivity contribution in [3.63, 3.8) is 0 Å². The molecule has 1 fully saturated rings. The summed E-state index contributed by atoms with van der Waals surface area (Å²) < 4.78 is 11.4. The third kappa shape index (κ3) is 6.08. The first-order chi connectivity index (χ1) is 13.7. The Kier molecular flexibility index (Phi) is 6.64. The fourth-order valence-corrected chi connectivity index (χ4v) is 3.49. The monoisotopic (exact) mass is 404 g/mol. The van der Waals surface area contributed by atoms with E-state index in [1.54, 1.807) is 0 Å². The first-order valence-electron chi connectivity index (χ1n) is 10.1. The molecule has 2 aromatic rings. The molecule has 0 bridgehead atoms. The van der Waals surface area contributed by atoms with Crippen molar-refractivity contribution in [2.24, 2.45) is 5.41 Å². The van der Waals surface area contributed by atoms with Crippen LogP contribution in [0.3, 0.4) is 0 Å². The Bertz CT molecular complexity index is 824. The van der Waals surface area contributed by atoms with E-state index in [-0.39, 0.29) is 11.5 Å². The van der Waals surface area contributed by atoms with Crippen LogP contribution in [0, 0.1) is 5.41 Å². The zero-order chi connectivity index (χ0) is 21.0. The quantitative estimate of drug-likeness (QED) is 0.702. The predicted octanol–water partition coefficient (Wildman–Crippen LogP) is 3.19. The molecule has 2 heterocycles. The van der Waals surface area contributed by atoms with E-state index in [2.05, 4.69) is 15.1 Å². The average molecular weight is 405 g/mol. The van der Waals surface area contributed by atoms with Crippen molar-refractivity contribution in [2.45, 2.75) is 39.8 Å². The second-order valence-corrected chi connectivity index (χ2v) is 8.99. The van der Waals surface area contributed by atoms with E-state index in [0.29, 0.717) is 32.8 Å². The van der Waals surface area contributed by atoms with Crippen molar-refractivity contribution < 1.29 is 19.4 Å². The number of aromatic nitrogens is 2. The molecule has 0 aliphatic carbocycles. The Morgan fingerprint density at radius 3 is 2.83 bits per heavy atom. The van der Waals surface area contributed by atoms with Crippen LogP contribution in [0.5, 0.6) is 5.75 Å². The van der Waals surface area contributed by atoms with E-state index < -0.39 is 6.09 Å². The molecule has 0 radical (unpaired) electrons. The maximum atomic E-state index is 11.5. The topological polar surface area (TPSA) is 90.9 Å². The molecular formula is C21H32N4O4. The number of H-pyrrole nitrogens is 1. The molecule has 160 valence electrons. The highest BCUT2D eigenvalue weighted by molar-refractivity contribution is 5.82. The van der Waals surface area contributed by atoms with E-state index in [1.165, 1.54) is 4.90 Å². The third-order valence-corrected chi connectivity index (χ3v) is 4.91. The highest BCUT2D eigenvalue weighted by atomic mass is 16.5. The highest BCUT2D eigenvalue weighted by Gasteiger charge is 2.21. The second kappa shape index (κ2) is 9.00. The summed E-state index contributed by atoms with van der Waals surface area (Å²) in [6.45, 7) is 9.76. The summed E-state index contributed by atoms with van der Waals surface area (Å²) in [5.74, 6) is 0.820. The molecule has 1 aromatic carbocycles. The number of rotatable bonds is 8. The highest BCUT2D eigenvalue weighted by Crippen LogP contribution is 2.25. The number of likely N-dealkylation sites (N-methyl/N-ethyl adjacent to an activating group) is 1. The van der Waals surface area contributed by atoms with Crippen LogP contribution in [0.25, 0.3) is 10.9 Å². The lowest BCUT2D eigenvalue weighted by Gasteiger charge is -2.29. The van der Waals surface area contributed by atoms with Crippen molar-refractivity contribution >= 4 is 17.0 Å². The SMILES string of the molecule is CN(CCN(CC(C)(C)C)C(=O)O)Cc1[nH]nc2ccc(OC3CCOC3)cc12. The summed E-state index contributed by atoms with van der Waals surface area (Å²) in [5, 5.41) is 18.0. The van der Waals surface area contributed by atoms with Gasteiger partial charge in [-0.15, -0.1) is 0 Å². The van der Waals surface area contributed by atoms with Crippen LogP contribution in [-0.2, 0) is 11.3 Å². The van der Waals surface area contributed by atoms with Gasteiger partial charge in [0, 0.05) is 38.0 Å². The summed E-state index contributed by atoms with van der Waals surface area (Å²) in [6, 6.07) is 5.91. The summed E-state index contributed by atoms with van der Waals surface area (Å²) in [7, 11) is 1.99. The molecule has 1 aromatic heterocycles. The van der Waals surface area contributed by atoms with Gasteiger partial charge in [-0.2, -0.15) is 5.10 Å². The summed E-state index contributed by atoms with van der Waals surface area (Å²) >= 11 is 0. The first-order valence-corrected chi connectivity index (χ1v) is 10.1. The molecule has 0 spiro atoms. The number of ether oxygens (including phenoxy) is 2. The maximum Gasteiger partial charge on any atom is 0.407 e. The minimum atomic E-state index is -0.877. The molecule has 1 unspecified atom stereocenters. The molecule has 29 heavy (non-hydrogen) atoms. The van der Waals surface area contributed by atoms with E-state index in [9.17, 15) is 9.90 Å². The Morgan fingerprint density at radius 2 is 2.17 bits per heavy atom. The number of benzene rings is 1. The fourth-order valence-electron chi connectivity index (χ4n) is 3.49. The van der Waals surface area contributed by atoms with E-state index >= 15 is 0 Å². The molecular weight excluding hydrogens is 372 g/mol. The second-order valence-electron chi connectivity index (χ2n) is 8.99. The number of carbonyl (C=O) groups is 1. The standard InChI is InChI=1S/C21H32N4O4/c1-21(2,3)14-25(20(26)27)9-8-24(4)12-19-17-11-15(5-6-18(17)22-23-19)29-16-7-10-28-13-16/h5-6,11,16H,7-10,12-14H2,1-4H3,(H,22,23)(H,26,27). The Morgan fingerprint density at radius 1 is 1.38 bits per heavy atom. The molecule has 0 saturated carbocycles. The van der Waals surface area contributed by atoms with Gasteiger partial charge in [0.15, 0.2) is 0 Å². The first kappa shape index (κ1) is 21.4. The smallest absolute Gasteiger partial charge is 0.407 e. The van der Waals surface area contributed by atoms with Crippen LogP contribution >= 0.6 is 0 Å². The zero-order valence-electron chi connectivity index (χ0n) is 17.8. The molecule has 1 atom stereocenters. The van der Waals surface area contributed by atoms with Gasteiger partial charge in [-0.25, -0.2) is 4.79 Å². The number of hydrogen-bond acceptors (Lipinski definition) is 5. The van der Waals surface area contributed by atoms with Crippen LogP contribution in [-0.4, -0.2) is 77.2 Å². The van der Waals surface area contributed by atoms with Crippen LogP contribution in [0.1, 0.15) is 32.9 Å². The number of amides is 1. The van der Waals surface area contributed by atoms with Crippen LogP contribution < -0.4 is 4.74 Å². The van der Waals surface area contributed by atoms with Gasteiger partial charge in [-0.3, -0.25) is 10.00 Å². The molecule has 2 N–H and O–H groups in total. The lowest BCUT2D eigenvalue weighted by Crippen LogP contribution is -2.41. The van der Waals surface area contributed by atoms with Gasteiger partial charge in [0.05, 0.1) is 24.4 Å². The predicted molar refractivity (Wildman–Crippen MR) is 111 cm³/mol. The minimum absolute atomic E-state index is 0.0721. The van der Waals surface area contributed by atoms with Crippen molar-refractivity contribution in [1.29, 1.82) is 0 Å². The number of carboxylic acid groups (broad SMARTS) is 1. The van der Waals surface area contributed by atoms with Gasteiger partial charge < -0.3 is 19.5 Å². The Labute approximate surface area is 171 Å². The number of aromatic amines is 1. The molecule has 8 nitrogen and oxygen atoms in total. The zero-order valence-corrected chi connectivity index (χ0v) is 17.8. The van der Waals surface area contributed by atoms with Crippen molar-refractivity contribution in [3.8, 4) is 5.75 Å². The summed E-state index contributed by atoms with van der Waals surface area (Å²) in [6.07, 6.45) is 0.140. The van der Waals surface area contributed by atoms with E-state index in [4.69, 9.17) is 9.47 Å². The Hall–Kier alpha value is -2.32. The number of fused-ring (bicyclic) bond motifs is 1. The minimum Gasteiger partial charge on any atom is -0.488 e. The molecule has 3 rings (SSSR count). The molecule has 1 saturated heterocycles.